The van der Waals surface area contributed by atoms with Gasteiger partial charge in [0, 0.05) is 37.8 Å². The lowest BCUT2D eigenvalue weighted by molar-refractivity contribution is 0.0211. The molecule has 2 heterocycles. The summed E-state index contributed by atoms with van der Waals surface area (Å²) >= 11 is 0. The zero-order chi connectivity index (χ0) is 19.8. The van der Waals surface area contributed by atoms with Crippen molar-refractivity contribution >= 4 is 5.96 Å². The summed E-state index contributed by atoms with van der Waals surface area (Å²) in [6.45, 7) is 12.0. The highest BCUT2D eigenvalue weighted by molar-refractivity contribution is 5.79. The minimum absolute atomic E-state index is 0.396. The molecule has 1 fully saturated rings. The summed E-state index contributed by atoms with van der Waals surface area (Å²) in [6, 6.07) is 8.64. The number of aliphatic imine (C=N–C) groups is 1. The van der Waals surface area contributed by atoms with Crippen molar-refractivity contribution in [1.82, 2.24) is 20.5 Å². The molecular weight excluding hydrogens is 354 g/mol. The van der Waals surface area contributed by atoms with Crippen molar-refractivity contribution < 1.29 is 9.15 Å². The Hall–Kier alpha value is -2.38. The van der Waals surface area contributed by atoms with Crippen LogP contribution in [0.1, 0.15) is 25.3 Å². The van der Waals surface area contributed by atoms with Crippen LogP contribution in [0.4, 0.5) is 0 Å². The fourth-order valence-corrected chi connectivity index (χ4v) is 3.11. The Kier molecular flexibility index (Phi) is 7.45. The Morgan fingerprint density at radius 1 is 1.21 bits per heavy atom. The van der Waals surface area contributed by atoms with Crippen molar-refractivity contribution in [3.8, 4) is 11.3 Å². The van der Waals surface area contributed by atoms with E-state index in [0.717, 1.165) is 56.7 Å². The number of guanidine groups is 1. The van der Waals surface area contributed by atoms with Crippen molar-refractivity contribution in [3.63, 3.8) is 0 Å². The third-order valence-electron chi connectivity index (χ3n) is 4.84. The van der Waals surface area contributed by atoms with Crippen molar-refractivity contribution in [2.24, 2.45) is 4.99 Å². The maximum absolute atomic E-state index is 5.86. The van der Waals surface area contributed by atoms with Gasteiger partial charge in [0.15, 0.2) is 11.7 Å². The van der Waals surface area contributed by atoms with E-state index in [9.17, 15) is 0 Å². The van der Waals surface area contributed by atoms with E-state index in [1.807, 2.05) is 12.1 Å². The molecule has 1 aliphatic heterocycles. The molecule has 3 rings (SSSR count). The van der Waals surface area contributed by atoms with Crippen LogP contribution in [0.25, 0.3) is 11.3 Å². The van der Waals surface area contributed by atoms with Crippen LogP contribution in [0.5, 0.6) is 0 Å². The minimum Gasteiger partial charge on any atom is -0.439 e. The lowest BCUT2D eigenvalue weighted by atomic mass is 10.1. The molecule has 0 bridgehead atoms. The van der Waals surface area contributed by atoms with Crippen LogP contribution in [-0.4, -0.2) is 61.3 Å². The van der Waals surface area contributed by atoms with Crippen molar-refractivity contribution in [3.05, 3.63) is 41.9 Å². The first-order valence-corrected chi connectivity index (χ1v) is 10.0. The first-order chi connectivity index (χ1) is 13.7. The normalized spacial score (nSPS) is 16.8. The second-order valence-corrected chi connectivity index (χ2v) is 7.06. The fourth-order valence-electron chi connectivity index (χ4n) is 3.11. The number of rotatable bonds is 7. The summed E-state index contributed by atoms with van der Waals surface area (Å²) < 4.78 is 11.3. The lowest BCUT2D eigenvalue weighted by Gasteiger charge is -2.32. The van der Waals surface area contributed by atoms with Gasteiger partial charge in [0.1, 0.15) is 6.54 Å². The third-order valence-corrected chi connectivity index (χ3v) is 4.84. The van der Waals surface area contributed by atoms with Gasteiger partial charge >= 0.3 is 0 Å². The van der Waals surface area contributed by atoms with Crippen LogP contribution < -0.4 is 10.6 Å². The SMILES string of the molecule is CCNC(=NCc1ncc(-c2ccc(C)cc2)o1)NCC(C)N1CCOCC1. The third kappa shape index (κ3) is 5.81. The number of nitrogens with one attached hydrogen (secondary N) is 2. The maximum Gasteiger partial charge on any atom is 0.216 e. The number of aryl methyl sites for hydroxylation is 1. The van der Waals surface area contributed by atoms with Gasteiger partial charge in [-0.2, -0.15) is 0 Å². The van der Waals surface area contributed by atoms with E-state index in [1.165, 1.54) is 5.56 Å². The van der Waals surface area contributed by atoms with Crippen molar-refractivity contribution in [2.45, 2.75) is 33.4 Å². The maximum atomic E-state index is 5.86. The Balaban J connectivity index is 1.55. The fraction of sp³-hybridized carbons (Fsp3) is 0.524. The quantitative estimate of drug-likeness (QED) is 0.563. The standard InChI is InChI=1S/C21H31N5O2/c1-4-22-21(24-13-17(3)26-9-11-27-12-10-26)25-15-20-23-14-19(28-20)18-7-5-16(2)6-8-18/h5-8,14,17H,4,9-13,15H2,1-3H3,(H2,22,24,25). The lowest BCUT2D eigenvalue weighted by Crippen LogP contribution is -2.49. The van der Waals surface area contributed by atoms with Gasteiger partial charge in [-0.1, -0.05) is 29.8 Å². The van der Waals surface area contributed by atoms with E-state index in [0.29, 0.717) is 18.5 Å². The first kappa shape index (κ1) is 20.4. The van der Waals surface area contributed by atoms with E-state index < -0.39 is 0 Å². The Morgan fingerprint density at radius 3 is 2.68 bits per heavy atom. The number of hydrogen-bond acceptors (Lipinski definition) is 5. The molecule has 1 aliphatic rings. The molecule has 0 spiro atoms. The molecule has 1 saturated heterocycles. The highest BCUT2D eigenvalue weighted by atomic mass is 16.5. The number of benzene rings is 1. The van der Waals surface area contributed by atoms with Crippen LogP contribution in [0.2, 0.25) is 0 Å². The van der Waals surface area contributed by atoms with Crippen LogP contribution in [0, 0.1) is 6.92 Å². The van der Waals surface area contributed by atoms with Crippen LogP contribution >= 0.6 is 0 Å². The van der Waals surface area contributed by atoms with E-state index >= 15 is 0 Å². The average Bonchev–Trinajstić information content (AvgIpc) is 3.20. The van der Waals surface area contributed by atoms with E-state index in [1.54, 1.807) is 6.20 Å². The zero-order valence-corrected chi connectivity index (χ0v) is 17.1. The smallest absolute Gasteiger partial charge is 0.216 e. The first-order valence-electron chi connectivity index (χ1n) is 10.0. The Labute approximate surface area is 167 Å². The van der Waals surface area contributed by atoms with Gasteiger partial charge in [0.25, 0.3) is 0 Å². The number of aromatic nitrogens is 1. The second-order valence-electron chi connectivity index (χ2n) is 7.06. The summed E-state index contributed by atoms with van der Waals surface area (Å²) in [5.74, 6) is 2.15. The summed E-state index contributed by atoms with van der Waals surface area (Å²) in [4.78, 5) is 11.4. The summed E-state index contributed by atoms with van der Waals surface area (Å²) in [5, 5.41) is 6.70. The highest BCUT2D eigenvalue weighted by Gasteiger charge is 2.17. The van der Waals surface area contributed by atoms with E-state index in [-0.39, 0.29) is 0 Å². The molecule has 7 nitrogen and oxygen atoms in total. The monoisotopic (exact) mass is 385 g/mol. The summed E-state index contributed by atoms with van der Waals surface area (Å²) in [6.07, 6.45) is 1.76. The number of nitrogens with zero attached hydrogens (tertiary/aromatic N) is 3. The molecule has 0 radical (unpaired) electrons. The molecule has 1 atom stereocenters. The predicted molar refractivity (Wildman–Crippen MR) is 111 cm³/mol. The molecule has 28 heavy (non-hydrogen) atoms. The predicted octanol–water partition coefficient (Wildman–Crippen LogP) is 2.43. The largest absolute Gasteiger partial charge is 0.439 e. The van der Waals surface area contributed by atoms with Gasteiger partial charge in [-0.25, -0.2) is 9.98 Å². The molecule has 7 heteroatoms. The number of hydrogen-bond donors (Lipinski definition) is 2. The number of ether oxygens (including phenoxy) is 1. The van der Waals surface area contributed by atoms with Crippen molar-refractivity contribution in [2.75, 3.05) is 39.4 Å². The van der Waals surface area contributed by atoms with E-state index in [4.69, 9.17) is 9.15 Å². The summed E-state index contributed by atoms with van der Waals surface area (Å²) in [7, 11) is 0. The Morgan fingerprint density at radius 2 is 1.96 bits per heavy atom. The van der Waals surface area contributed by atoms with Crippen molar-refractivity contribution in [1.29, 1.82) is 0 Å². The highest BCUT2D eigenvalue weighted by Crippen LogP contribution is 2.21. The molecule has 152 valence electrons. The molecule has 0 saturated carbocycles. The van der Waals surface area contributed by atoms with Gasteiger partial charge in [-0.05, 0) is 20.8 Å². The van der Waals surface area contributed by atoms with E-state index in [2.05, 4.69) is 58.4 Å². The van der Waals surface area contributed by atoms with Crippen LogP contribution in [-0.2, 0) is 11.3 Å². The van der Waals surface area contributed by atoms with Crippen LogP contribution in [0.15, 0.2) is 39.9 Å². The molecule has 1 aromatic carbocycles. The van der Waals surface area contributed by atoms with Gasteiger partial charge in [-0.3, -0.25) is 4.90 Å². The molecule has 0 aliphatic carbocycles. The van der Waals surface area contributed by atoms with Gasteiger partial charge in [0.05, 0.1) is 19.4 Å². The van der Waals surface area contributed by atoms with Crippen LogP contribution in [0.3, 0.4) is 0 Å². The van der Waals surface area contributed by atoms with Gasteiger partial charge < -0.3 is 19.8 Å². The molecule has 0 amide bonds. The number of oxazole rings is 1. The topological polar surface area (TPSA) is 74.9 Å². The van der Waals surface area contributed by atoms with Gasteiger partial charge in [0.2, 0.25) is 5.89 Å². The molecule has 1 unspecified atom stereocenters. The van der Waals surface area contributed by atoms with Gasteiger partial charge in [-0.15, -0.1) is 0 Å². The number of morpholine rings is 1. The zero-order valence-electron chi connectivity index (χ0n) is 17.1. The Bertz CT molecular complexity index is 750. The molecule has 2 aromatic rings. The summed E-state index contributed by atoms with van der Waals surface area (Å²) in [5.41, 5.74) is 2.25. The molecular formula is C21H31N5O2. The average molecular weight is 386 g/mol. The molecule has 1 aromatic heterocycles. The molecule has 2 N–H and O–H groups in total. The minimum atomic E-state index is 0.396. The second kappa shape index (κ2) is 10.2.